The highest BCUT2D eigenvalue weighted by Crippen LogP contribution is 2.33. The lowest BCUT2D eigenvalue weighted by Gasteiger charge is -2.34. The molecular formula is C26H34N4O4S. The molecule has 35 heavy (non-hydrogen) atoms. The Labute approximate surface area is 207 Å². The van der Waals surface area contributed by atoms with Gasteiger partial charge in [0.2, 0.25) is 10.0 Å². The van der Waals surface area contributed by atoms with Crippen LogP contribution in [0.3, 0.4) is 0 Å². The van der Waals surface area contributed by atoms with E-state index in [1.54, 1.807) is 37.2 Å². The zero-order chi connectivity index (χ0) is 25.2. The summed E-state index contributed by atoms with van der Waals surface area (Å²) in [6.45, 7) is 2.87. The molecule has 0 bridgehead atoms. The molecule has 1 fully saturated rings. The Morgan fingerprint density at radius 2 is 1.71 bits per heavy atom. The summed E-state index contributed by atoms with van der Waals surface area (Å²) in [5, 5.41) is 3.01. The number of piperidine rings is 1. The second-order valence-electron chi connectivity index (χ2n) is 9.63. The number of carbonyl (C=O) groups is 2. The molecule has 2 N–H and O–H groups in total. The quantitative estimate of drug-likeness (QED) is 0.659. The topological polar surface area (TPSA) is 98.8 Å². The number of likely N-dealkylation sites (tertiary alicyclic amines) is 1. The van der Waals surface area contributed by atoms with Crippen molar-refractivity contribution in [1.29, 1.82) is 0 Å². The third-order valence-corrected chi connectivity index (χ3v) is 8.42. The highest BCUT2D eigenvalue weighted by molar-refractivity contribution is 7.89. The van der Waals surface area contributed by atoms with E-state index in [0.717, 1.165) is 42.4 Å². The number of hydrogen-bond donors (Lipinski definition) is 2. The molecule has 4 rings (SSSR count). The van der Waals surface area contributed by atoms with Crippen LogP contribution < -0.4 is 10.0 Å². The van der Waals surface area contributed by atoms with Gasteiger partial charge in [0.15, 0.2) is 0 Å². The summed E-state index contributed by atoms with van der Waals surface area (Å²) in [6, 6.07) is 10.3. The molecule has 1 aliphatic carbocycles. The summed E-state index contributed by atoms with van der Waals surface area (Å²) in [5.74, 6) is -0.197. The largest absolute Gasteiger partial charge is 0.331 e. The smallest absolute Gasteiger partial charge is 0.319 e. The van der Waals surface area contributed by atoms with Gasteiger partial charge in [-0.3, -0.25) is 4.79 Å². The molecule has 1 atom stereocenters. The Morgan fingerprint density at radius 3 is 2.43 bits per heavy atom. The van der Waals surface area contributed by atoms with E-state index < -0.39 is 10.0 Å². The lowest BCUT2D eigenvalue weighted by atomic mass is 9.90. The van der Waals surface area contributed by atoms with Gasteiger partial charge < -0.3 is 15.1 Å². The molecule has 1 unspecified atom stereocenters. The van der Waals surface area contributed by atoms with Gasteiger partial charge in [-0.15, -0.1) is 0 Å². The van der Waals surface area contributed by atoms with Crippen molar-refractivity contribution < 1.29 is 18.0 Å². The molecule has 1 saturated heterocycles. The number of urea groups is 1. The van der Waals surface area contributed by atoms with Crippen molar-refractivity contribution in [2.45, 2.75) is 56.4 Å². The van der Waals surface area contributed by atoms with E-state index in [1.807, 2.05) is 25.1 Å². The Hall–Kier alpha value is -2.91. The van der Waals surface area contributed by atoms with Crippen molar-refractivity contribution in [3.8, 4) is 0 Å². The van der Waals surface area contributed by atoms with Gasteiger partial charge in [-0.2, -0.15) is 0 Å². The summed E-state index contributed by atoms with van der Waals surface area (Å²) >= 11 is 0. The molecule has 2 aromatic rings. The van der Waals surface area contributed by atoms with E-state index in [-0.39, 0.29) is 22.9 Å². The van der Waals surface area contributed by atoms with Crippen molar-refractivity contribution >= 4 is 27.6 Å². The Balaban J connectivity index is 1.57. The fourth-order valence-electron chi connectivity index (χ4n) is 5.03. The van der Waals surface area contributed by atoms with Gasteiger partial charge in [-0.25, -0.2) is 17.9 Å². The van der Waals surface area contributed by atoms with Crippen molar-refractivity contribution in [3.05, 3.63) is 58.7 Å². The van der Waals surface area contributed by atoms with E-state index in [1.165, 1.54) is 4.90 Å². The van der Waals surface area contributed by atoms with Crippen LogP contribution in [0.2, 0.25) is 0 Å². The number of fused-ring (bicyclic) bond motifs is 1. The van der Waals surface area contributed by atoms with Gasteiger partial charge in [0, 0.05) is 44.5 Å². The maximum absolute atomic E-state index is 13.5. The van der Waals surface area contributed by atoms with Crippen LogP contribution in [-0.4, -0.2) is 63.4 Å². The Bertz CT molecular complexity index is 1230. The first-order valence-electron chi connectivity index (χ1n) is 12.2. The van der Waals surface area contributed by atoms with Crippen LogP contribution in [0.4, 0.5) is 10.5 Å². The molecule has 0 spiro atoms. The van der Waals surface area contributed by atoms with Crippen molar-refractivity contribution in [3.63, 3.8) is 0 Å². The maximum atomic E-state index is 13.5. The predicted molar refractivity (Wildman–Crippen MR) is 136 cm³/mol. The zero-order valence-electron chi connectivity index (χ0n) is 20.6. The van der Waals surface area contributed by atoms with Crippen molar-refractivity contribution in [2.75, 3.05) is 32.5 Å². The fraction of sp³-hybridized carbons (Fsp3) is 0.462. The summed E-state index contributed by atoms with van der Waals surface area (Å²) in [7, 11) is -0.397. The molecule has 2 aliphatic rings. The summed E-state index contributed by atoms with van der Waals surface area (Å²) < 4.78 is 29.8. The molecule has 0 radical (unpaired) electrons. The molecule has 0 saturated carbocycles. The highest BCUT2D eigenvalue weighted by atomic mass is 32.2. The third kappa shape index (κ3) is 5.51. The number of hydrogen-bond acceptors (Lipinski definition) is 4. The lowest BCUT2D eigenvalue weighted by molar-refractivity contribution is 0.102. The van der Waals surface area contributed by atoms with E-state index in [2.05, 4.69) is 10.0 Å². The van der Waals surface area contributed by atoms with Crippen molar-refractivity contribution in [2.24, 2.45) is 0 Å². The number of aryl methyl sites for hydroxylation is 1. The van der Waals surface area contributed by atoms with Crippen molar-refractivity contribution in [1.82, 2.24) is 14.5 Å². The predicted octanol–water partition coefficient (Wildman–Crippen LogP) is 3.55. The number of amides is 3. The average Bonchev–Trinajstić information content (AvgIpc) is 2.83. The number of rotatable bonds is 5. The minimum atomic E-state index is -3.79. The third-order valence-electron chi connectivity index (χ3n) is 6.82. The summed E-state index contributed by atoms with van der Waals surface area (Å²) in [5.41, 5.74) is 3.84. The summed E-state index contributed by atoms with van der Waals surface area (Å²) in [4.78, 5) is 28.8. The second-order valence-corrected chi connectivity index (χ2v) is 11.3. The molecule has 1 heterocycles. The monoisotopic (exact) mass is 498 g/mol. The Kier molecular flexibility index (Phi) is 7.47. The van der Waals surface area contributed by atoms with Crippen LogP contribution >= 0.6 is 0 Å². The highest BCUT2D eigenvalue weighted by Gasteiger charge is 2.31. The minimum absolute atomic E-state index is 0.111. The second kappa shape index (κ2) is 10.4. The van der Waals surface area contributed by atoms with Gasteiger partial charge in [0.25, 0.3) is 5.91 Å². The van der Waals surface area contributed by atoms with Gasteiger partial charge >= 0.3 is 6.03 Å². The molecule has 188 valence electrons. The van der Waals surface area contributed by atoms with Gasteiger partial charge in [-0.05, 0) is 80.3 Å². The first-order chi connectivity index (χ1) is 16.7. The van der Waals surface area contributed by atoms with E-state index in [4.69, 9.17) is 0 Å². The number of benzene rings is 2. The standard InChI is InChI=1S/C26H34N4O4S/c1-18-9-4-5-11-20(18)25(31)27-23-14-15-24(22-13-7-6-12-21(22)23)35(33,34)28-19-10-8-16-30(17-19)26(32)29(2)3/h4-5,9,11,14-15,19,28H,6-8,10,12-13,16-17H2,1-3H3,(H,27,31). The number of carbonyl (C=O) groups excluding carboxylic acids is 2. The first kappa shape index (κ1) is 25.2. The van der Waals surface area contributed by atoms with Crippen LogP contribution in [0.15, 0.2) is 41.3 Å². The number of sulfonamides is 1. The van der Waals surface area contributed by atoms with Crippen LogP contribution in [0.5, 0.6) is 0 Å². The zero-order valence-corrected chi connectivity index (χ0v) is 21.5. The maximum Gasteiger partial charge on any atom is 0.319 e. The molecule has 2 aromatic carbocycles. The van der Waals surface area contributed by atoms with Crippen LogP contribution in [0.1, 0.15) is 52.7 Å². The molecule has 8 nitrogen and oxygen atoms in total. The molecule has 0 aromatic heterocycles. The minimum Gasteiger partial charge on any atom is -0.331 e. The van der Waals surface area contributed by atoms with E-state index >= 15 is 0 Å². The average molecular weight is 499 g/mol. The lowest BCUT2D eigenvalue weighted by Crippen LogP contribution is -2.51. The summed E-state index contributed by atoms with van der Waals surface area (Å²) in [6.07, 6.45) is 4.64. The number of nitrogens with zero attached hydrogens (tertiary/aromatic N) is 2. The molecular weight excluding hydrogens is 464 g/mol. The molecule has 9 heteroatoms. The molecule has 3 amide bonds. The molecule has 1 aliphatic heterocycles. The van der Waals surface area contributed by atoms with Gasteiger partial charge in [0.1, 0.15) is 0 Å². The van der Waals surface area contributed by atoms with Crippen LogP contribution in [0, 0.1) is 6.92 Å². The normalized spacial score (nSPS) is 18.0. The first-order valence-corrected chi connectivity index (χ1v) is 13.7. The van der Waals surface area contributed by atoms with Crippen LogP contribution in [0.25, 0.3) is 0 Å². The van der Waals surface area contributed by atoms with Crippen LogP contribution in [-0.2, 0) is 22.9 Å². The Morgan fingerprint density at radius 1 is 1.00 bits per heavy atom. The van der Waals surface area contributed by atoms with Gasteiger partial charge in [-0.1, -0.05) is 18.2 Å². The van der Waals surface area contributed by atoms with E-state index in [0.29, 0.717) is 37.2 Å². The SMILES string of the molecule is Cc1ccccc1C(=O)Nc1ccc(S(=O)(=O)NC2CCCN(C(=O)N(C)C)C2)c2c1CCCC2. The number of nitrogens with one attached hydrogen (secondary N) is 2. The van der Waals surface area contributed by atoms with Gasteiger partial charge in [0.05, 0.1) is 4.90 Å². The number of anilines is 1. The fourth-order valence-corrected chi connectivity index (χ4v) is 6.59. The van der Waals surface area contributed by atoms with E-state index in [9.17, 15) is 18.0 Å².